The summed E-state index contributed by atoms with van der Waals surface area (Å²) < 4.78 is 61.1. The van der Waals surface area contributed by atoms with E-state index >= 15 is 0 Å². The molecule has 3 heterocycles. The second kappa shape index (κ2) is 10.3. The number of aromatic nitrogens is 2. The van der Waals surface area contributed by atoms with Crippen molar-refractivity contribution in [2.75, 3.05) is 30.3 Å². The Bertz CT molecular complexity index is 1340. The molecule has 2 aromatic carbocycles. The Morgan fingerprint density at radius 1 is 1.10 bits per heavy atom. The molecule has 2 aliphatic rings. The predicted molar refractivity (Wildman–Crippen MR) is 136 cm³/mol. The number of rotatable bonds is 6. The molecule has 2 atom stereocenters. The third kappa shape index (κ3) is 5.90. The number of carbonyl (C=O) groups is 1. The molecule has 0 radical (unpaired) electrons. The third-order valence-corrected chi connectivity index (χ3v) is 7.42. The number of carboxylic acid groups (broad SMARTS) is 1. The van der Waals surface area contributed by atoms with Gasteiger partial charge in [-0.15, -0.1) is 0 Å². The summed E-state index contributed by atoms with van der Waals surface area (Å²) in [7, 11) is 0. The number of halogens is 4. The molecule has 39 heavy (non-hydrogen) atoms. The van der Waals surface area contributed by atoms with Crippen LogP contribution >= 0.6 is 0 Å². The highest BCUT2D eigenvalue weighted by Crippen LogP contribution is 2.41. The van der Waals surface area contributed by atoms with Crippen LogP contribution in [0.1, 0.15) is 30.9 Å². The molecule has 3 aromatic rings. The summed E-state index contributed by atoms with van der Waals surface area (Å²) in [6, 6.07) is 12.1. The van der Waals surface area contributed by atoms with E-state index in [0.717, 1.165) is 0 Å². The Morgan fingerprint density at radius 2 is 1.82 bits per heavy atom. The lowest BCUT2D eigenvalue weighted by Crippen LogP contribution is -2.41. The topological polar surface area (TPSA) is 114 Å². The summed E-state index contributed by atoms with van der Waals surface area (Å²) >= 11 is 0. The van der Waals surface area contributed by atoms with Crippen LogP contribution in [-0.2, 0) is 4.79 Å². The van der Waals surface area contributed by atoms with E-state index in [0.29, 0.717) is 55.8 Å². The van der Waals surface area contributed by atoms with Gasteiger partial charge < -0.3 is 25.8 Å². The molecule has 2 aliphatic heterocycles. The number of aliphatic carboxylic acids is 1. The first kappa shape index (κ1) is 26.7. The zero-order valence-corrected chi connectivity index (χ0v) is 20.8. The number of alkyl halides is 3. The average molecular weight is 546 g/mol. The first-order valence-corrected chi connectivity index (χ1v) is 12.5. The third-order valence-electron chi connectivity index (χ3n) is 7.42. The van der Waals surface area contributed by atoms with E-state index in [9.17, 15) is 27.5 Å². The Labute approximate surface area is 221 Å². The first-order chi connectivity index (χ1) is 18.5. The quantitative estimate of drug-likeness (QED) is 0.386. The molecule has 5 rings (SSSR count). The lowest BCUT2D eigenvalue weighted by molar-refractivity contribution is -0.198. The molecule has 1 spiro atoms. The molecule has 0 amide bonds. The molecule has 0 aliphatic carbocycles. The number of hydrogen-bond donors (Lipinski definition) is 3. The zero-order chi connectivity index (χ0) is 27.8. The van der Waals surface area contributed by atoms with Crippen molar-refractivity contribution < 1.29 is 32.2 Å². The first-order valence-electron chi connectivity index (χ1n) is 12.5. The molecule has 206 valence electrons. The van der Waals surface area contributed by atoms with Crippen molar-refractivity contribution in [3.63, 3.8) is 0 Å². The summed E-state index contributed by atoms with van der Waals surface area (Å²) in [6.45, 7) is 1.67. The lowest BCUT2D eigenvalue weighted by atomic mass is 9.76. The minimum Gasteiger partial charge on any atom is -0.480 e. The Hall–Kier alpha value is -3.93. The number of anilines is 2. The molecule has 1 aromatic heterocycles. The van der Waals surface area contributed by atoms with Crippen molar-refractivity contribution >= 4 is 17.7 Å². The van der Waals surface area contributed by atoms with Crippen molar-refractivity contribution in [1.82, 2.24) is 15.3 Å². The normalized spacial score (nSPS) is 19.7. The zero-order valence-electron chi connectivity index (χ0n) is 20.8. The molecule has 4 N–H and O–H groups in total. The van der Waals surface area contributed by atoms with Gasteiger partial charge in [-0.1, -0.05) is 36.4 Å². The van der Waals surface area contributed by atoms with Gasteiger partial charge in [-0.3, -0.25) is 4.79 Å². The standard InChI is InChI=1S/C27H27F4N5O3/c28-19-3-1-2-18(12-19)16-4-6-17(7-5-16)23(27(29,30)31)39-22-13-21(34-25(32)35-22)36-10-8-26(9-11-36)14-20(24(37)38)33-15-26/h1-7,12-13,20,23,33H,8-11,14-15H2,(H,37,38)(H2,32,34,35)/t20?,23-/m1/s1. The van der Waals surface area contributed by atoms with Crippen LogP contribution in [0.25, 0.3) is 11.1 Å². The van der Waals surface area contributed by atoms with Crippen molar-refractivity contribution in [1.29, 1.82) is 0 Å². The SMILES string of the molecule is Nc1nc(O[C@H](c2ccc(-c3cccc(F)c3)cc2)C(F)(F)F)cc(N2CCC3(CC2)CNC(C(=O)O)C3)n1. The molecular weight excluding hydrogens is 518 g/mol. The Morgan fingerprint density at radius 3 is 2.44 bits per heavy atom. The maximum absolute atomic E-state index is 14.1. The van der Waals surface area contributed by atoms with Gasteiger partial charge in [0.15, 0.2) is 0 Å². The molecule has 2 fully saturated rings. The second-order valence-corrected chi connectivity index (χ2v) is 10.1. The number of carboxylic acids is 1. The fourth-order valence-electron chi connectivity index (χ4n) is 5.30. The molecule has 8 nitrogen and oxygen atoms in total. The minimum atomic E-state index is -4.76. The van der Waals surface area contributed by atoms with E-state index < -0.39 is 30.1 Å². The van der Waals surface area contributed by atoms with Crippen LogP contribution in [0.5, 0.6) is 5.88 Å². The number of piperidine rings is 1. The van der Waals surface area contributed by atoms with E-state index in [-0.39, 0.29) is 22.8 Å². The molecule has 2 saturated heterocycles. The van der Waals surface area contributed by atoms with Crippen molar-refractivity contribution in [2.24, 2.45) is 5.41 Å². The number of nitrogens with one attached hydrogen (secondary N) is 1. The predicted octanol–water partition coefficient (Wildman–Crippen LogP) is 4.58. The smallest absolute Gasteiger partial charge is 0.429 e. The molecule has 12 heteroatoms. The maximum atomic E-state index is 14.1. The van der Waals surface area contributed by atoms with Crippen LogP contribution in [0, 0.1) is 11.2 Å². The molecule has 0 bridgehead atoms. The highest BCUT2D eigenvalue weighted by atomic mass is 19.4. The van der Waals surface area contributed by atoms with Crippen LogP contribution in [0.2, 0.25) is 0 Å². The van der Waals surface area contributed by atoms with Crippen molar-refractivity contribution in [3.8, 4) is 17.0 Å². The highest BCUT2D eigenvalue weighted by molar-refractivity contribution is 5.74. The summed E-state index contributed by atoms with van der Waals surface area (Å²) in [4.78, 5) is 21.3. The minimum absolute atomic E-state index is 0.142. The van der Waals surface area contributed by atoms with Gasteiger partial charge in [-0.05, 0) is 47.9 Å². The van der Waals surface area contributed by atoms with Crippen molar-refractivity contribution in [3.05, 3.63) is 66.0 Å². The van der Waals surface area contributed by atoms with Crippen LogP contribution < -0.4 is 20.7 Å². The van der Waals surface area contributed by atoms with Gasteiger partial charge in [0.05, 0.1) is 0 Å². The Balaban J connectivity index is 1.32. The van der Waals surface area contributed by atoms with E-state index in [2.05, 4.69) is 15.3 Å². The number of hydrogen-bond acceptors (Lipinski definition) is 7. The second-order valence-electron chi connectivity index (χ2n) is 10.1. The van der Waals surface area contributed by atoms with Crippen LogP contribution in [0.3, 0.4) is 0 Å². The van der Waals surface area contributed by atoms with Gasteiger partial charge in [0, 0.05) is 31.3 Å². The number of nitrogens with two attached hydrogens (primary N) is 1. The fraction of sp³-hybridized carbons (Fsp3) is 0.370. The number of nitrogen functional groups attached to an aromatic ring is 1. The van der Waals surface area contributed by atoms with Gasteiger partial charge in [-0.25, -0.2) is 4.39 Å². The van der Waals surface area contributed by atoms with Gasteiger partial charge in [0.25, 0.3) is 0 Å². The number of benzene rings is 2. The molecule has 1 unspecified atom stereocenters. The van der Waals surface area contributed by atoms with E-state index in [1.54, 1.807) is 6.07 Å². The van der Waals surface area contributed by atoms with Gasteiger partial charge in [-0.2, -0.15) is 23.1 Å². The van der Waals surface area contributed by atoms with Crippen LogP contribution in [0.15, 0.2) is 54.6 Å². The largest absolute Gasteiger partial charge is 0.480 e. The van der Waals surface area contributed by atoms with Crippen LogP contribution in [-0.4, -0.2) is 52.9 Å². The molecular formula is C27H27F4N5O3. The van der Waals surface area contributed by atoms with E-state index in [1.807, 2.05) is 4.90 Å². The van der Waals surface area contributed by atoms with E-state index in [4.69, 9.17) is 10.5 Å². The van der Waals surface area contributed by atoms with Gasteiger partial charge in [0.2, 0.25) is 17.9 Å². The molecule has 0 saturated carbocycles. The fourth-order valence-corrected chi connectivity index (χ4v) is 5.30. The number of ether oxygens (including phenoxy) is 1. The summed E-state index contributed by atoms with van der Waals surface area (Å²) in [5.74, 6) is -1.52. The maximum Gasteiger partial charge on any atom is 0.429 e. The van der Waals surface area contributed by atoms with Crippen molar-refractivity contribution in [2.45, 2.75) is 37.6 Å². The average Bonchev–Trinajstić information content (AvgIpc) is 3.31. The van der Waals surface area contributed by atoms with Gasteiger partial charge in [0.1, 0.15) is 17.7 Å². The van der Waals surface area contributed by atoms with E-state index in [1.165, 1.54) is 48.5 Å². The Kier molecular flexibility index (Phi) is 7.06. The summed E-state index contributed by atoms with van der Waals surface area (Å²) in [6.07, 6.45) is -5.14. The monoisotopic (exact) mass is 545 g/mol. The summed E-state index contributed by atoms with van der Waals surface area (Å²) in [5, 5.41) is 12.3. The van der Waals surface area contributed by atoms with Crippen LogP contribution in [0.4, 0.5) is 29.3 Å². The highest BCUT2D eigenvalue weighted by Gasteiger charge is 2.45. The van der Waals surface area contributed by atoms with Gasteiger partial charge >= 0.3 is 12.1 Å². The lowest BCUT2D eigenvalue weighted by Gasteiger charge is -2.39. The number of nitrogens with zero attached hydrogens (tertiary/aromatic N) is 3. The summed E-state index contributed by atoms with van der Waals surface area (Å²) in [5.41, 5.74) is 6.64.